The average molecular weight is 733 g/mol. The molecule has 264 valence electrons. The third-order valence-corrected chi connectivity index (χ3v) is 12.0. The van der Waals surface area contributed by atoms with Gasteiger partial charge in [-0.25, -0.2) is 14.8 Å². The minimum absolute atomic E-state index is 0.517. The molecule has 2 aliphatic carbocycles. The molecular weight excluding hydrogens is 705 g/mol. The molecule has 1 heterocycles. The fraction of sp³-hybridized carbons (Fsp3) is 0. The fourth-order valence-corrected chi connectivity index (χ4v) is 9.50. The Labute approximate surface area is 334 Å². The van der Waals surface area contributed by atoms with Gasteiger partial charge in [-0.05, 0) is 119 Å². The summed E-state index contributed by atoms with van der Waals surface area (Å²) < 4.78 is 0. The molecule has 0 spiro atoms. The zero-order valence-corrected chi connectivity index (χ0v) is 31.0. The van der Waals surface area contributed by atoms with Crippen molar-refractivity contribution < 1.29 is 0 Å². The first-order chi connectivity index (χ1) is 28.7. The summed E-state index contributed by atoms with van der Waals surface area (Å²) in [7, 11) is 0. The monoisotopic (exact) mass is 732 g/mol. The van der Waals surface area contributed by atoms with Crippen LogP contribution in [0, 0.1) is 17.9 Å². The zero-order chi connectivity index (χ0) is 38.5. The Kier molecular flexibility index (Phi) is 6.73. The minimum Gasteiger partial charge on any atom is -0.238 e. The molecule has 12 rings (SSSR count). The van der Waals surface area contributed by atoms with Crippen molar-refractivity contribution in [3.05, 3.63) is 187 Å². The summed E-state index contributed by atoms with van der Waals surface area (Å²) in [5, 5.41) is 15.6. The van der Waals surface area contributed by atoms with Gasteiger partial charge in [0, 0.05) is 16.5 Å². The largest absolute Gasteiger partial charge is 0.238 e. The van der Waals surface area contributed by atoms with Crippen LogP contribution in [-0.2, 0) is 0 Å². The molecule has 0 unspecified atom stereocenters. The van der Waals surface area contributed by atoms with Crippen molar-refractivity contribution in [3.63, 3.8) is 0 Å². The molecule has 9 aromatic carbocycles. The number of nitrogens with zero attached hydrogens (tertiary/aromatic N) is 4. The van der Waals surface area contributed by atoms with Crippen molar-refractivity contribution >= 4 is 38.1 Å². The van der Waals surface area contributed by atoms with Crippen molar-refractivity contribution in [2.24, 2.45) is 0 Å². The second-order valence-electron chi connectivity index (χ2n) is 15.0. The van der Waals surface area contributed by atoms with Gasteiger partial charge in [-0.15, -0.1) is 0 Å². The molecule has 4 nitrogen and oxygen atoms in total. The van der Waals surface area contributed by atoms with E-state index >= 15 is 0 Å². The molecule has 0 bridgehead atoms. The van der Waals surface area contributed by atoms with E-state index in [4.69, 9.17) is 16.5 Å². The lowest BCUT2D eigenvalue weighted by atomic mass is 9.88. The normalized spacial score (nSPS) is 11.8. The maximum atomic E-state index is 9.86. The Bertz CT molecular complexity index is 3490. The van der Waals surface area contributed by atoms with E-state index in [1.165, 1.54) is 60.7 Å². The Morgan fingerprint density at radius 2 is 0.966 bits per heavy atom. The Morgan fingerprint density at radius 3 is 1.62 bits per heavy atom. The second kappa shape index (κ2) is 12.2. The van der Waals surface area contributed by atoms with Crippen LogP contribution < -0.4 is 0 Å². The fourth-order valence-electron chi connectivity index (χ4n) is 9.50. The second-order valence-corrected chi connectivity index (χ2v) is 15.0. The Hall–Kier alpha value is -8.18. The van der Waals surface area contributed by atoms with Gasteiger partial charge in [0.1, 0.15) is 0 Å². The van der Waals surface area contributed by atoms with Crippen molar-refractivity contribution in [1.82, 2.24) is 9.97 Å². The van der Waals surface area contributed by atoms with E-state index in [2.05, 4.69) is 132 Å². The topological polar surface area (TPSA) is 53.9 Å². The van der Waals surface area contributed by atoms with E-state index in [1.807, 2.05) is 42.5 Å². The van der Waals surface area contributed by atoms with Gasteiger partial charge in [0.15, 0.2) is 11.5 Å². The van der Waals surface area contributed by atoms with Crippen LogP contribution in [0.4, 0.5) is 5.69 Å². The third-order valence-electron chi connectivity index (χ3n) is 12.0. The molecule has 0 aliphatic heterocycles. The van der Waals surface area contributed by atoms with Crippen LogP contribution in [0.15, 0.2) is 170 Å². The molecule has 0 radical (unpaired) electrons. The summed E-state index contributed by atoms with van der Waals surface area (Å²) in [6.45, 7) is 7.87. The average Bonchev–Trinajstić information content (AvgIpc) is 3.80. The molecule has 1 aromatic heterocycles. The van der Waals surface area contributed by atoms with Gasteiger partial charge in [0.25, 0.3) is 0 Å². The standard InChI is InChI=1S/C54H28N4/c1-56-35-13-7-11-32(27-35)52-49-29-34(36-22-24-46-39-16-4-2-14-37(39)43-19-8-18-42(36)50(43)46)28-48(53(49)58-54(57-52)33-12-6-10-31(26-33)30-55)41-23-25-47-40-17-5-3-15-38(40)44-20-9-21-45(41)51(44)47/h2-29H. The highest BCUT2D eigenvalue weighted by Gasteiger charge is 2.26. The highest BCUT2D eigenvalue weighted by atomic mass is 14.9. The van der Waals surface area contributed by atoms with Crippen LogP contribution >= 0.6 is 0 Å². The maximum Gasteiger partial charge on any atom is 0.187 e. The number of hydrogen-bond donors (Lipinski definition) is 0. The van der Waals surface area contributed by atoms with Crippen LogP contribution in [-0.4, -0.2) is 9.97 Å². The summed E-state index contributed by atoms with van der Waals surface area (Å²) in [6, 6.07) is 61.6. The van der Waals surface area contributed by atoms with Gasteiger partial charge < -0.3 is 0 Å². The molecule has 0 amide bonds. The molecule has 58 heavy (non-hydrogen) atoms. The van der Waals surface area contributed by atoms with E-state index in [9.17, 15) is 5.26 Å². The van der Waals surface area contributed by atoms with Crippen LogP contribution in [0.3, 0.4) is 0 Å². The van der Waals surface area contributed by atoms with Crippen molar-refractivity contribution in [3.8, 4) is 95.5 Å². The molecule has 0 fully saturated rings. The molecule has 0 atom stereocenters. The number of hydrogen-bond acceptors (Lipinski definition) is 3. The van der Waals surface area contributed by atoms with Gasteiger partial charge in [0.2, 0.25) is 0 Å². The summed E-state index contributed by atoms with van der Waals surface area (Å²) in [5.41, 5.74) is 18.4. The number of aromatic nitrogens is 2. The lowest BCUT2D eigenvalue weighted by molar-refractivity contribution is 1.23. The third kappa shape index (κ3) is 4.55. The number of nitriles is 1. The van der Waals surface area contributed by atoms with E-state index in [0.717, 1.165) is 55.4 Å². The lowest BCUT2D eigenvalue weighted by Crippen LogP contribution is -1.98. The SMILES string of the molecule is [C-]#[N+]c1cccc(-c2nc(-c3cccc(C#N)c3)nc3c(-c4ccc5c6c(cccc46)-c4ccccc4-5)cc(-c4ccc5c6c(cccc46)-c4ccccc4-5)cc23)c1. The predicted octanol–water partition coefficient (Wildman–Crippen LogP) is 14.3. The Morgan fingerprint density at radius 1 is 0.414 bits per heavy atom. The van der Waals surface area contributed by atoms with Crippen LogP contribution in [0.25, 0.3) is 127 Å². The minimum atomic E-state index is 0.517. The quantitative estimate of drug-likeness (QED) is 0.169. The van der Waals surface area contributed by atoms with Gasteiger partial charge in [-0.1, -0.05) is 140 Å². The van der Waals surface area contributed by atoms with E-state index in [1.54, 1.807) is 6.07 Å². The van der Waals surface area contributed by atoms with E-state index in [0.29, 0.717) is 17.1 Å². The van der Waals surface area contributed by atoms with Gasteiger partial charge in [-0.3, -0.25) is 0 Å². The van der Waals surface area contributed by atoms with Gasteiger partial charge >= 0.3 is 0 Å². The lowest BCUT2D eigenvalue weighted by Gasteiger charge is -2.18. The summed E-state index contributed by atoms with van der Waals surface area (Å²) in [4.78, 5) is 14.5. The van der Waals surface area contributed by atoms with Crippen molar-refractivity contribution in [2.75, 3.05) is 0 Å². The molecule has 2 aliphatic rings. The maximum absolute atomic E-state index is 9.86. The van der Waals surface area contributed by atoms with Crippen LogP contribution in [0.5, 0.6) is 0 Å². The highest BCUT2D eigenvalue weighted by molar-refractivity contribution is 6.22. The van der Waals surface area contributed by atoms with Crippen LogP contribution in [0.2, 0.25) is 0 Å². The van der Waals surface area contributed by atoms with Crippen molar-refractivity contribution in [2.45, 2.75) is 0 Å². The smallest absolute Gasteiger partial charge is 0.187 e. The highest BCUT2D eigenvalue weighted by Crippen LogP contribution is 2.52. The molecule has 0 N–H and O–H groups in total. The van der Waals surface area contributed by atoms with Crippen LogP contribution in [0.1, 0.15) is 5.56 Å². The zero-order valence-electron chi connectivity index (χ0n) is 31.0. The molecule has 4 heteroatoms. The van der Waals surface area contributed by atoms with Crippen molar-refractivity contribution in [1.29, 1.82) is 5.26 Å². The molecule has 10 aromatic rings. The first-order valence-electron chi connectivity index (χ1n) is 19.3. The Balaban J connectivity index is 1.21. The molecular formula is C54H28N4. The predicted molar refractivity (Wildman–Crippen MR) is 236 cm³/mol. The number of fused-ring (bicyclic) bond motifs is 7. The molecule has 0 saturated carbocycles. The number of rotatable bonds is 4. The first kappa shape index (κ1) is 32.1. The summed E-state index contributed by atoms with van der Waals surface area (Å²) >= 11 is 0. The summed E-state index contributed by atoms with van der Waals surface area (Å²) in [6.07, 6.45) is 0. The van der Waals surface area contributed by atoms with Gasteiger partial charge in [-0.2, -0.15) is 5.26 Å². The van der Waals surface area contributed by atoms with E-state index < -0.39 is 0 Å². The van der Waals surface area contributed by atoms with E-state index in [-0.39, 0.29) is 0 Å². The van der Waals surface area contributed by atoms with Gasteiger partial charge in [0.05, 0.1) is 29.4 Å². The summed E-state index contributed by atoms with van der Waals surface area (Å²) in [5.74, 6) is 0.517. The molecule has 0 saturated heterocycles. The number of benzene rings is 9. The first-order valence-corrected chi connectivity index (χ1v) is 19.3.